The van der Waals surface area contributed by atoms with E-state index < -0.39 is 12.1 Å². The van der Waals surface area contributed by atoms with Crippen molar-refractivity contribution in [1.29, 1.82) is 0 Å². The monoisotopic (exact) mass is 598 g/mol. The van der Waals surface area contributed by atoms with Gasteiger partial charge < -0.3 is 21.1 Å². The first-order valence-corrected chi connectivity index (χ1v) is 11.0. The van der Waals surface area contributed by atoms with E-state index in [1.54, 1.807) is 24.3 Å². The first-order valence-electron chi connectivity index (χ1n) is 9.51. The van der Waals surface area contributed by atoms with Crippen LogP contribution in [0.3, 0.4) is 0 Å². The zero-order valence-electron chi connectivity index (χ0n) is 16.9. The van der Waals surface area contributed by atoms with Crippen LogP contribution in [0.4, 0.5) is 24.7 Å². The summed E-state index contributed by atoms with van der Waals surface area (Å²) in [5.41, 5.74) is 0.899. The minimum absolute atomic E-state index is 0.0376. The van der Waals surface area contributed by atoms with Crippen molar-refractivity contribution in [2.75, 3.05) is 23.7 Å². The number of hydrogen-bond donors (Lipinski definition) is 4. The number of alkyl halides is 3. The molecule has 8 nitrogen and oxygen atoms in total. The van der Waals surface area contributed by atoms with Gasteiger partial charge in [-0.05, 0) is 78.9 Å². The summed E-state index contributed by atoms with van der Waals surface area (Å²) in [6.07, 6.45) is -2.02. The van der Waals surface area contributed by atoms with Crippen molar-refractivity contribution < 1.29 is 32.7 Å². The van der Waals surface area contributed by atoms with Crippen LogP contribution in [0.5, 0.6) is 0 Å². The molecule has 1 fully saturated rings. The van der Waals surface area contributed by atoms with Crippen molar-refractivity contribution in [3.63, 3.8) is 0 Å². The summed E-state index contributed by atoms with van der Waals surface area (Å²) in [4.78, 5) is 38.2. The molecule has 3 rings (SSSR count). The number of amides is 2. The Bertz CT molecular complexity index is 1000. The van der Waals surface area contributed by atoms with Gasteiger partial charge in [-0.2, -0.15) is 13.2 Å². The second kappa shape index (κ2) is 12.1. The highest BCUT2D eigenvalue weighted by molar-refractivity contribution is 14.1. The fourth-order valence-corrected chi connectivity index (χ4v) is 3.37. The minimum Gasteiger partial charge on any atom is -0.475 e. The number of piperidine rings is 1. The number of hydrogen-bond acceptors (Lipinski definition) is 5. The third kappa shape index (κ3) is 8.78. The van der Waals surface area contributed by atoms with E-state index in [2.05, 4.69) is 43.5 Å². The number of carboxylic acid groups (broad SMARTS) is 1. The van der Waals surface area contributed by atoms with E-state index in [0.717, 1.165) is 29.5 Å². The van der Waals surface area contributed by atoms with Crippen LogP contribution in [0.1, 0.15) is 23.2 Å². The molecular weight excluding hydrogens is 580 g/mol. The van der Waals surface area contributed by atoms with E-state index >= 15 is 0 Å². The maximum Gasteiger partial charge on any atom is 0.490 e. The second-order valence-corrected chi connectivity index (χ2v) is 8.50. The van der Waals surface area contributed by atoms with Crippen LogP contribution in [0.2, 0.25) is 5.02 Å². The van der Waals surface area contributed by atoms with E-state index in [1.165, 1.54) is 6.20 Å². The number of halogens is 5. The van der Waals surface area contributed by atoms with Crippen molar-refractivity contribution in [1.82, 2.24) is 10.3 Å². The molecular formula is C20H19ClF3IN4O4. The van der Waals surface area contributed by atoms with Gasteiger partial charge in [0.05, 0.1) is 16.3 Å². The molecule has 0 bridgehead atoms. The number of pyridine rings is 1. The van der Waals surface area contributed by atoms with Crippen molar-refractivity contribution >= 4 is 63.5 Å². The lowest BCUT2D eigenvalue weighted by molar-refractivity contribution is -0.192. The SMILES string of the molecule is O=C(Nc1ccc(Cl)cn1)c1cc(I)ccc1NC(=O)C1CCNCC1.O=C(O)C(F)(F)F. The van der Waals surface area contributed by atoms with Gasteiger partial charge in [0, 0.05) is 15.7 Å². The highest BCUT2D eigenvalue weighted by Gasteiger charge is 2.38. The predicted molar refractivity (Wildman–Crippen MR) is 124 cm³/mol. The third-order valence-corrected chi connectivity index (χ3v) is 5.30. The molecule has 33 heavy (non-hydrogen) atoms. The Hall–Kier alpha value is -2.45. The van der Waals surface area contributed by atoms with Gasteiger partial charge in [0.1, 0.15) is 5.82 Å². The molecule has 1 saturated heterocycles. The lowest BCUT2D eigenvalue weighted by Gasteiger charge is -2.22. The lowest BCUT2D eigenvalue weighted by Crippen LogP contribution is -2.35. The zero-order valence-corrected chi connectivity index (χ0v) is 19.8. The Morgan fingerprint density at radius 1 is 1.12 bits per heavy atom. The minimum atomic E-state index is -5.08. The van der Waals surface area contributed by atoms with Gasteiger partial charge in [0.15, 0.2) is 0 Å². The van der Waals surface area contributed by atoms with Gasteiger partial charge in [-0.25, -0.2) is 9.78 Å². The molecule has 0 spiro atoms. The number of rotatable bonds is 4. The van der Waals surface area contributed by atoms with Crippen molar-refractivity contribution in [2.45, 2.75) is 19.0 Å². The molecule has 178 valence electrons. The first-order chi connectivity index (χ1) is 15.5. The Labute approximate surface area is 205 Å². The normalized spacial score (nSPS) is 14.0. The molecule has 1 aliphatic heterocycles. The molecule has 0 saturated carbocycles. The van der Waals surface area contributed by atoms with E-state index in [1.807, 2.05) is 6.07 Å². The maximum absolute atomic E-state index is 12.7. The van der Waals surface area contributed by atoms with Crippen molar-refractivity contribution in [2.24, 2.45) is 5.92 Å². The maximum atomic E-state index is 12.7. The van der Waals surface area contributed by atoms with E-state index in [4.69, 9.17) is 21.5 Å². The summed E-state index contributed by atoms with van der Waals surface area (Å²) in [6.45, 7) is 1.67. The van der Waals surface area contributed by atoms with Crippen LogP contribution in [0, 0.1) is 9.49 Å². The molecule has 1 aromatic carbocycles. The van der Waals surface area contributed by atoms with Crippen molar-refractivity contribution in [3.05, 3.63) is 50.7 Å². The molecule has 0 unspecified atom stereocenters. The van der Waals surface area contributed by atoms with Gasteiger partial charge in [-0.1, -0.05) is 11.6 Å². The molecule has 2 heterocycles. The molecule has 0 atom stereocenters. The Kier molecular flexibility index (Phi) is 9.86. The van der Waals surface area contributed by atoms with Crippen LogP contribution >= 0.6 is 34.2 Å². The van der Waals surface area contributed by atoms with Gasteiger partial charge in [0.25, 0.3) is 5.91 Å². The summed E-state index contributed by atoms with van der Waals surface area (Å²) in [5, 5.41) is 16.5. The van der Waals surface area contributed by atoms with Crippen LogP contribution in [0.25, 0.3) is 0 Å². The number of anilines is 2. The van der Waals surface area contributed by atoms with Gasteiger partial charge in [0.2, 0.25) is 5.91 Å². The number of nitrogens with one attached hydrogen (secondary N) is 3. The van der Waals surface area contributed by atoms with Gasteiger partial charge >= 0.3 is 12.1 Å². The summed E-state index contributed by atoms with van der Waals surface area (Å²) >= 11 is 7.95. The molecule has 4 N–H and O–H groups in total. The fraction of sp³-hybridized carbons (Fsp3) is 0.300. The smallest absolute Gasteiger partial charge is 0.475 e. The number of aliphatic carboxylic acids is 1. The highest BCUT2D eigenvalue weighted by Crippen LogP contribution is 2.23. The largest absolute Gasteiger partial charge is 0.490 e. The molecule has 2 aromatic rings. The van der Waals surface area contributed by atoms with Gasteiger partial charge in [-0.3, -0.25) is 9.59 Å². The Balaban J connectivity index is 0.000000479. The Morgan fingerprint density at radius 3 is 2.30 bits per heavy atom. The van der Waals surface area contributed by atoms with Crippen LogP contribution in [-0.4, -0.2) is 47.1 Å². The summed E-state index contributed by atoms with van der Waals surface area (Å²) in [7, 11) is 0. The van der Waals surface area contributed by atoms with Crippen LogP contribution < -0.4 is 16.0 Å². The summed E-state index contributed by atoms with van der Waals surface area (Å²) in [5.74, 6) is -2.78. The number of carbonyl (C=O) groups excluding carboxylic acids is 2. The van der Waals surface area contributed by atoms with E-state index in [0.29, 0.717) is 22.1 Å². The third-order valence-electron chi connectivity index (χ3n) is 4.41. The average Bonchev–Trinajstić information content (AvgIpc) is 2.77. The predicted octanol–water partition coefficient (Wildman–Crippen LogP) is 4.16. The number of carbonyl (C=O) groups is 3. The number of aromatic nitrogens is 1. The van der Waals surface area contributed by atoms with Crippen molar-refractivity contribution in [3.8, 4) is 0 Å². The topological polar surface area (TPSA) is 120 Å². The van der Waals surface area contributed by atoms with Gasteiger partial charge in [-0.15, -0.1) is 0 Å². The molecule has 1 aliphatic rings. The molecule has 13 heteroatoms. The number of carboxylic acids is 1. The zero-order chi connectivity index (χ0) is 24.6. The van der Waals surface area contributed by atoms with E-state index in [9.17, 15) is 22.8 Å². The summed E-state index contributed by atoms with van der Waals surface area (Å²) in [6, 6.07) is 8.63. The number of nitrogens with zero attached hydrogens (tertiary/aromatic N) is 1. The molecule has 0 aliphatic carbocycles. The average molecular weight is 599 g/mol. The number of benzene rings is 1. The standard InChI is InChI=1S/C18H18ClIN4O2.C2HF3O2/c19-12-1-4-16(22-10-12)24-18(26)14-9-13(20)2-3-15(14)23-17(25)11-5-7-21-8-6-11;3-2(4,5)1(6)7/h1-4,9-11,21H,5-8H2,(H,23,25)(H,22,24,26);(H,6,7). The summed E-state index contributed by atoms with van der Waals surface area (Å²) < 4.78 is 32.6. The van der Waals surface area contributed by atoms with Crippen LogP contribution in [0.15, 0.2) is 36.5 Å². The fourth-order valence-electron chi connectivity index (χ4n) is 2.77. The van der Waals surface area contributed by atoms with E-state index in [-0.39, 0.29) is 17.7 Å². The molecule has 1 aromatic heterocycles. The quantitative estimate of drug-likeness (QED) is 0.393. The Morgan fingerprint density at radius 2 is 1.76 bits per heavy atom. The highest BCUT2D eigenvalue weighted by atomic mass is 127. The molecule has 0 radical (unpaired) electrons. The second-order valence-electron chi connectivity index (χ2n) is 6.82. The molecule has 2 amide bonds. The lowest BCUT2D eigenvalue weighted by atomic mass is 9.97. The van der Waals surface area contributed by atoms with Crippen LogP contribution in [-0.2, 0) is 9.59 Å². The first kappa shape index (κ1) is 26.8.